The molecule has 1 aromatic carbocycles. The molecule has 0 amide bonds. The molecule has 0 radical (unpaired) electrons. The Morgan fingerprint density at radius 2 is 2.00 bits per heavy atom. The Morgan fingerprint density at radius 1 is 1.21 bits per heavy atom. The number of hydrogen-bond acceptors (Lipinski definition) is 7. The second-order valence-electron chi connectivity index (χ2n) is 7.85. The standard InChI is InChI=1S/C21H23NO6/c1-12(23)20(24)28-19-17(25-2)10-21-5-3-6-22(21)7-4-13-8-15-16(27-11-26-15)9-14(13)18(19)21/h8-10,18-19H,3-7,11H2,1-2H3/t18-,19-,21+/m1/s1. The van der Waals surface area contributed by atoms with E-state index >= 15 is 0 Å². The monoisotopic (exact) mass is 385 g/mol. The van der Waals surface area contributed by atoms with Crippen LogP contribution in [0, 0.1) is 0 Å². The second-order valence-corrected chi connectivity index (χ2v) is 7.85. The Hall–Kier alpha value is -2.54. The highest BCUT2D eigenvalue weighted by Gasteiger charge is 2.58. The van der Waals surface area contributed by atoms with E-state index in [1.807, 2.05) is 12.1 Å². The molecule has 0 saturated carbocycles. The van der Waals surface area contributed by atoms with E-state index in [-0.39, 0.29) is 18.2 Å². The van der Waals surface area contributed by atoms with Crippen LogP contribution in [-0.2, 0) is 25.5 Å². The van der Waals surface area contributed by atoms with Crippen LogP contribution in [0.4, 0.5) is 0 Å². The Balaban J connectivity index is 1.66. The Kier molecular flexibility index (Phi) is 3.91. The Labute approximate surface area is 163 Å². The molecule has 5 rings (SSSR count). The van der Waals surface area contributed by atoms with Gasteiger partial charge in [-0.1, -0.05) is 0 Å². The summed E-state index contributed by atoms with van der Waals surface area (Å²) in [5.74, 6) is 0.477. The predicted octanol–water partition coefficient (Wildman–Crippen LogP) is 1.93. The van der Waals surface area contributed by atoms with Crippen LogP contribution in [0.25, 0.3) is 0 Å². The maximum atomic E-state index is 12.2. The number of Topliss-reactive ketones (excluding diaryl/α,β-unsaturated/α-hetero) is 1. The number of esters is 1. The van der Waals surface area contributed by atoms with Crippen molar-refractivity contribution in [3.8, 4) is 11.5 Å². The highest BCUT2D eigenvalue weighted by Crippen LogP contribution is 2.55. The largest absolute Gasteiger partial charge is 0.497 e. The van der Waals surface area contributed by atoms with Crippen LogP contribution in [0.3, 0.4) is 0 Å². The first kappa shape index (κ1) is 17.6. The summed E-state index contributed by atoms with van der Waals surface area (Å²) in [4.78, 5) is 26.3. The van der Waals surface area contributed by atoms with Crippen molar-refractivity contribution >= 4 is 11.8 Å². The maximum absolute atomic E-state index is 12.2. The van der Waals surface area contributed by atoms with Crippen molar-refractivity contribution in [2.24, 2.45) is 0 Å². The first-order chi connectivity index (χ1) is 13.5. The van der Waals surface area contributed by atoms with Gasteiger partial charge in [0.25, 0.3) is 0 Å². The molecule has 0 bridgehead atoms. The number of carbonyl (C=O) groups is 2. The third-order valence-electron chi connectivity index (χ3n) is 6.49. The summed E-state index contributed by atoms with van der Waals surface area (Å²) in [5, 5.41) is 0. The molecule has 7 nitrogen and oxygen atoms in total. The SMILES string of the molecule is COC1=C[C@]23CCCN2CCc2cc4c(cc2[C@@H]3[C@@H]1OC(=O)C(C)=O)OCO4. The van der Waals surface area contributed by atoms with Gasteiger partial charge < -0.3 is 18.9 Å². The molecule has 4 aliphatic rings. The number of fused-ring (bicyclic) bond motifs is 3. The lowest BCUT2D eigenvalue weighted by molar-refractivity contribution is -0.158. The summed E-state index contributed by atoms with van der Waals surface area (Å²) in [6.45, 7) is 3.33. The van der Waals surface area contributed by atoms with Crippen LogP contribution >= 0.6 is 0 Å². The number of methoxy groups -OCH3 is 1. The van der Waals surface area contributed by atoms with Gasteiger partial charge in [-0.3, -0.25) is 9.69 Å². The fraction of sp³-hybridized carbons (Fsp3) is 0.524. The topological polar surface area (TPSA) is 74.3 Å². The number of nitrogens with zero attached hydrogens (tertiary/aromatic N) is 1. The van der Waals surface area contributed by atoms with Gasteiger partial charge in [-0.05, 0) is 55.1 Å². The zero-order valence-corrected chi connectivity index (χ0v) is 16.0. The van der Waals surface area contributed by atoms with Gasteiger partial charge in [-0.2, -0.15) is 0 Å². The van der Waals surface area contributed by atoms with Crippen molar-refractivity contribution in [1.82, 2.24) is 4.90 Å². The van der Waals surface area contributed by atoms with Crippen molar-refractivity contribution in [2.75, 3.05) is 27.0 Å². The van der Waals surface area contributed by atoms with Crippen molar-refractivity contribution in [3.05, 3.63) is 35.1 Å². The lowest BCUT2D eigenvalue weighted by atomic mass is 9.77. The van der Waals surface area contributed by atoms with Gasteiger partial charge in [0.05, 0.1) is 18.6 Å². The molecule has 1 saturated heterocycles. The molecule has 1 aromatic rings. The normalized spacial score (nSPS) is 30.0. The van der Waals surface area contributed by atoms with E-state index in [0.29, 0.717) is 11.5 Å². The molecule has 0 unspecified atom stereocenters. The van der Waals surface area contributed by atoms with Crippen molar-refractivity contribution < 1.29 is 28.5 Å². The average molecular weight is 385 g/mol. The highest BCUT2D eigenvalue weighted by atomic mass is 16.7. The van der Waals surface area contributed by atoms with Crippen LogP contribution in [0.1, 0.15) is 36.8 Å². The molecule has 0 aromatic heterocycles. The Morgan fingerprint density at radius 3 is 2.75 bits per heavy atom. The van der Waals surface area contributed by atoms with Gasteiger partial charge in [0.1, 0.15) is 5.76 Å². The van der Waals surface area contributed by atoms with E-state index in [2.05, 4.69) is 11.0 Å². The van der Waals surface area contributed by atoms with Crippen molar-refractivity contribution in [1.29, 1.82) is 0 Å². The lowest BCUT2D eigenvalue weighted by Crippen LogP contribution is -2.47. The van der Waals surface area contributed by atoms with Gasteiger partial charge >= 0.3 is 5.97 Å². The summed E-state index contributed by atoms with van der Waals surface area (Å²) in [5.41, 5.74) is 1.96. The predicted molar refractivity (Wildman–Crippen MR) is 98.2 cm³/mol. The lowest BCUT2D eigenvalue weighted by Gasteiger charge is -2.39. The van der Waals surface area contributed by atoms with Gasteiger partial charge in [0.15, 0.2) is 17.6 Å². The van der Waals surface area contributed by atoms with E-state index in [1.165, 1.54) is 6.92 Å². The third-order valence-corrected chi connectivity index (χ3v) is 6.49. The zero-order chi connectivity index (χ0) is 19.5. The summed E-state index contributed by atoms with van der Waals surface area (Å²) < 4.78 is 22.5. The molecule has 0 N–H and O–H groups in total. The van der Waals surface area contributed by atoms with Crippen LogP contribution in [0.5, 0.6) is 11.5 Å². The highest BCUT2D eigenvalue weighted by molar-refractivity contribution is 6.32. The van der Waals surface area contributed by atoms with Crippen LogP contribution in [-0.4, -0.2) is 55.3 Å². The molecular weight excluding hydrogens is 362 g/mol. The number of carbonyl (C=O) groups excluding carboxylic acids is 2. The average Bonchev–Trinajstić information content (AvgIpc) is 3.35. The molecule has 3 atom stereocenters. The molecule has 7 heteroatoms. The molecule has 148 valence electrons. The second kappa shape index (κ2) is 6.24. The van der Waals surface area contributed by atoms with Crippen molar-refractivity contribution in [3.63, 3.8) is 0 Å². The summed E-state index contributed by atoms with van der Waals surface area (Å²) in [6, 6.07) is 4.06. The van der Waals surface area contributed by atoms with Crippen LogP contribution < -0.4 is 9.47 Å². The molecule has 1 aliphatic carbocycles. The number of hydrogen-bond donors (Lipinski definition) is 0. The molecule has 3 heterocycles. The van der Waals surface area contributed by atoms with E-state index < -0.39 is 17.9 Å². The summed E-state index contributed by atoms with van der Waals surface area (Å²) in [6.07, 6.45) is 4.37. The van der Waals surface area contributed by atoms with Gasteiger partial charge in [0.2, 0.25) is 12.6 Å². The smallest absolute Gasteiger partial charge is 0.375 e. The minimum atomic E-state index is -0.832. The molecule has 1 spiro atoms. The fourth-order valence-corrected chi connectivity index (χ4v) is 5.29. The quantitative estimate of drug-likeness (QED) is 0.581. The first-order valence-electron chi connectivity index (χ1n) is 9.69. The van der Waals surface area contributed by atoms with Crippen LogP contribution in [0.15, 0.2) is 24.0 Å². The van der Waals surface area contributed by atoms with Gasteiger partial charge in [0, 0.05) is 13.5 Å². The molecule has 3 aliphatic heterocycles. The molecule has 1 fully saturated rings. The molecular formula is C21H23NO6. The van der Waals surface area contributed by atoms with Crippen molar-refractivity contribution in [2.45, 2.75) is 43.7 Å². The summed E-state index contributed by atoms with van der Waals surface area (Å²) >= 11 is 0. The zero-order valence-electron chi connectivity index (χ0n) is 16.0. The minimum Gasteiger partial charge on any atom is -0.497 e. The number of benzene rings is 1. The van der Waals surface area contributed by atoms with Crippen LogP contribution in [0.2, 0.25) is 0 Å². The molecule has 28 heavy (non-hydrogen) atoms. The van der Waals surface area contributed by atoms with Gasteiger partial charge in [-0.15, -0.1) is 0 Å². The minimum absolute atomic E-state index is 0.153. The number of ketones is 1. The van der Waals surface area contributed by atoms with Gasteiger partial charge in [-0.25, -0.2) is 4.79 Å². The van der Waals surface area contributed by atoms with E-state index in [0.717, 1.165) is 49.2 Å². The van der Waals surface area contributed by atoms with E-state index in [1.54, 1.807) is 7.11 Å². The summed E-state index contributed by atoms with van der Waals surface area (Å²) in [7, 11) is 1.59. The fourth-order valence-electron chi connectivity index (χ4n) is 5.29. The number of rotatable bonds is 3. The Bertz CT molecular complexity index is 893. The number of ether oxygens (including phenoxy) is 4. The van der Waals surface area contributed by atoms with E-state index in [9.17, 15) is 9.59 Å². The van der Waals surface area contributed by atoms with E-state index in [4.69, 9.17) is 18.9 Å². The maximum Gasteiger partial charge on any atom is 0.375 e. The third kappa shape index (κ3) is 2.38. The first-order valence-corrected chi connectivity index (χ1v) is 9.69.